The Balaban J connectivity index is 2.52. The zero-order valence-electron chi connectivity index (χ0n) is 11.2. The van der Waals surface area contributed by atoms with Gasteiger partial charge in [-0.05, 0) is 11.8 Å². The largest absolute Gasteiger partial charge is 0.480 e. The van der Waals surface area contributed by atoms with E-state index in [2.05, 4.69) is 20.8 Å². The molecule has 6 heteroatoms. The van der Waals surface area contributed by atoms with Crippen molar-refractivity contribution in [3.05, 3.63) is 0 Å². The van der Waals surface area contributed by atoms with Crippen LogP contribution in [0.4, 0.5) is 0 Å². The van der Waals surface area contributed by atoms with Crippen molar-refractivity contribution in [3.8, 4) is 0 Å². The fourth-order valence-corrected chi connectivity index (χ4v) is 3.27. The third kappa shape index (κ3) is 4.49. The molecule has 0 bridgehead atoms. The zero-order valence-corrected chi connectivity index (χ0v) is 12.0. The van der Waals surface area contributed by atoms with Crippen molar-refractivity contribution in [2.75, 3.05) is 11.6 Å². The van der Waals surface area contributed by atoms with Gasteiger partial charge in [-0.3, -0.25) is 4.79 Å². The number of hydrogen-bond donors (Lipinski definition) is 2. The van der Waals surface area contributed by atoms with E-state index in [0.29, 0.717) is 11.6 Å². The molecule has 0 aliphatic carbocycles. The van der Waals surface area contributed by atoms with Crippen LogP contribution in [0.1, 0.15) is 33.6 Å². The summed E-state index contributed by atoms with van der Waals surface area (Å²) in [5.74, 6) is -0.157. The van der Waals surface area contributed by atoms with Crippen LogP contribution in [0.15, 0.2) is 0 Å². The maximum absolute atomic E-state index is 12.0. The summed E-state index contributed by atoms with van der Waals surface area (Å²) in [6.07, 6.45) is 0.971. The molecule has 1 saturated heterocycles. The number of amides is 1. The van der Waals surface area contributed by atoms with Crippen LogP contribution in [0.2, 0.25) is 0 Å². The van der Waals surface area contributed by atoms with Crippen molar-refractivity contribution in [2.45, 2.75) is 45.7 Å². The molecule has 104 valence electrons. The third-order valence-corrected chi connectivity index (χ3v) is 3.81. The molecule has 5 nitrogen and oxygen atoms in total. The van der Waals surface area contributed by atoms with Crippen molar-refractivity contribution < 1.29 is 14.7 Å². The van der Waals surface area contributed by atoms with Gasteiger partial charge in [0.25, 0.3) is 0 Å². The lowest BCUT2D eigenvalue weighted by molar-refractivity contribution is -0.147. The van der Waals surface area contributed by atoms with Gasteiger partial charge in [0, 0.05) is 18.2 Å². The summed E-state index contributed by atoms with van der Waals surface area (Å²) in [4.78, 5) is 24.4. The number of rotatable bonds is 4. The van der Waals surface area contributed by atoms with Crippen molar-refractivity contribution in [3.63, 3.8) is 0 Å². The number of nitrogens with zero attached hydrogens (tertiary/aromatic N) is 1. The second-order valence-corrected chi connectivity index (χ2v) is 6.95. The Hall–Kier alpha value is -0.750. The topological polar surface area (TPSA) is 83.6 Å². The standard InChI is InChI=1S/C12H22N2O3S/c1-12(2,3)5-8(13)4-10(15)14-7-18-6-9(14)11(16)17/h8-9H,4-7,13H2,1-3H3,(H,16,17)/t8?,9-/m0/s1. The number of carboxylic acid groups (broad SMARTS) is 1. The molecule has 0 radical (unpaired) electrons. The highest BCUT2D eigenvalue weighted by Crippen LogP contribution is 2.24. The Morgan fingerprint density at radius 3 is 2.61 bits per heavy atom. The minimum Gasteiger partial charge on any atom is -0.480 e. The average molecular weight is 274 g/mol. The highest BCUT2D eigenvalue weighted by atomic mass is 32.2. The van der Waals surface area contributed by atoms with Gasteiger partial charge in [-0.25, -0.2) is 4.79 Å². The molecule has 0 aromatic heterocycles. The lowest BCUT2D eigenvalue weighted by Gasteiger charge is -2.26. The van der Waals surface area contributed by atoms with E-state index in [1.807, 2.05) is 0 Å². The molecule has 1 aliphatic heterocycles. The average Bonchev–Trinajstić information content (AvgIpc) is 2.61. The van der Waals surface area contributed by atoms with Crippen molar-refractivity contribution in [1.29, 1.82) is 0 Å². The number of carboxylic acids is 1. The van der Waals surface area contributed by atoms with E-state index in [0.717, 1.165) is 6.42 Å². The Morgan fingerprint density at radius 2 is 2.11 bits per heavy atom. The lowest BCUT2D eigenvalue weighted by Crippen LogP contribution is -2.44. The minimum atomic E-state index is -0.933. The Bertz CT molecular complexity index is 328. The first kappa shape index (κ1) is 15.3. The molecule has 0 aromatic rings. The first-order chi connectivity index (χ1) is 8.20. The highest BCUT2D eigenvalue weighted by molar-refractivity contribution is 7.99. The lowest BCUT2D eigenvalue weighted by atomic mass is 9.87. The van der Waals surface area contributed by atoms with E-state index in [-0.39, 0.29) is 23.8 Å². The van der Waals surface area contributed by atoms with E-state index < -0.39 is 12.0 Å². The molecule has 2 atom stereocenters. The van der Waals surface area contributed by atoms with Crippen LogP contribution in [-0.2, 0) is 9.59 Å². The summed E-state index contributed by atoms with van der Waals surface area (Å²) in [5, 5.41) is 9.01. The smallest absolute Gasteiger partial charge is 0.327 e. The molecule has 1 aliphatic rings. The van der Waals surface area contributed by atoms with Crippen LogP contribution in [0.25, 0.3) is 0 Å². The van der Waals surface area contributed by atoms with Gasteiger partial charge in [-0.2, -0.15) is 0 Å². The molecule has 3 N–H and O–H groups in total. The van der Waals surface area contributed by atoms with E-state index in [4.69, 9.17) is 10.8 Å². The molecule has 1 heterocycles. The molecule has 1 fully saturated rings. The van der Waals surface area contributed by atoms with E-state index in [1.54, 1.807) is 0 Å². The monoisotopic (exact) mass is 274 g/mol. The molecule has 1 unspecified atom stereocenters. The van der Waals surface area contributed by atoms with Gasteiger partial charge >= 0.3 is 5.97 Å². The van der Waals surface area contributed by atoms with Crippen LogP contribution < -0.4 is 5.73 Å². The normalized spacial score (nSPS) is 22.0. The van der Waals surface area contributed by atoms with Crippen LogP contribution in [0.5, 0.6) is 0 Å². The summed E-state index contributed by atoms with van der Waals surface area (Å²) in [7, 11) is 0. The SMILES string of the molecule is CC(C)(C)CC(N)CC(=O)N1CSC[C@H]1C(=O)O. The summed E-state index contributed by atoms with van der Waals surface area (Å²) < 4.78 is 0. The molecule has 18 heavy (non-hydrogen) atoms. The van der Waals surface area contributed by atoms with Crippen molar-refractivity contribution in [1.82, 2.24) is 4.90 Å². The van der Waals surface area contributed by atoms with Gasteiger partial charge < -0.3 is 15.7 Å². The second-order valence-electron chi connectivity index (χ2n) is 5.95. The summed E-state index contributed by atoms with van der Waals surface area (Å²) in [5.41, 5.74) is 6.02. The van der Waals surface area contributed by atoms with Gasteiger partial charge in [-0.15, -0.1) is 11.8 Å². The van der Waals surface area contributed by atoms with Gasteiger partial charge in [0.2, 0.25) is 5.91 Å². The molecule has 0 spiro atoms. The number of carbonyl (C=O) groups is 2. The van der Waals surface area contributed by atoms with E-state index in [1.165, 1.54) is 16.7 Å². The Morgan fingerprint density at radius 1 is 1.50 bits per heavy atom. The third-order valence-electron chi connectivity index (χ3n) is 2.80. The first-order valence-corrected chi connectivity index (χ1v) is 7.22. The maximum atomic E-state index is 12.0. The number of hydrogen-bond acceptors (Lipinski definition) is 4. The molecule has 1 amide bonds. The van der Waals surface area contributed by atoms with Crippen LogP contribution in [-0.4, -0.2) is 45.6 Å². The zero-order chi connectivity index (χ0) is 13.9. The van der Waals surface area contributed by atoms with E-state index in [9.17, 15) is 9.59 Å². The van der Waals surface area contributed by atoms with Gasteiger partial charge in [0.15, 0.2) is 0 Å². The van der Waals surface area contributed by atoms with Crippen molar-refractivity contribution >= 4 is 23.6 Å². The summed E-state index contributed by atoms with van der Waals surface area (Å²) in [6, 6.07) is -0.901. The van der Waals surface area contributed by atoms with Crippen LogP contribution >= 0.6 is 11.8 Å². The van der Waals surface area contributed by atoms with Gasteiger partial charge in [-0.1, -0.05) is 20.8 Å². The summed E-state index contributed by atoms with van der Waals surface area (Å²) in [6.45, 7) is 6.22. The molecular weight excluding hydrogens is 252 g/mol. The molecule has 0 aromatic carbocycles. The number of carbonyl (C=O) groups excluding carboxylic acids is 1. The molecule has 0 saturated carbocycles. The quantitative estimate of drug-likeness (QED) is 0.803. The first-order valence-electron chi connectivity index (χ1n) is 6.06. The van der Waals surface area contributed by atoms with Crippen LogP contribution in [0.3, 0.4) is 0 Å². The number of nitrogens with two attached hydrogens (primary N) is 1. The predicted octanol–water partition coefficient (Wildman–Crippen LogP) is 1.13. The Kier molecular flexibility index (Phi) is 5.04. The van der Waals surface area contributed by atoms with Crippen LogP contribution in [0, 0.1) is 5.41 Å². The number of aliphatic carboxylic acids is 1. The highest BCUT2D eigenvalue weighted by Gasteiger charge is 2.35. The second kappa shape index (κ2) is 5.93. The van der Waals surface area contributed by atoms with Gasteiger partial charge in [0.05, 0.1) is 5.88 Å². The molecular formula is C12H22N2O3S. The Labute approximate surface area is 112 Å². The van der Waals surface area contributed by atoms with Gasteiger partial charge in [0.1, 0.15) is 6.04 Å². The maximum Gasteiger partial charge on any atom is 0.327 e. The van der Waals surface area contributed by atoms with E-state index >= 15 is 0 Å². The minimum absolute atomic E-state index is 0.0751. The predicted molar refractivity (Wildman–Crippen MR) is 72.3 cm³/mol. The fourth-order valence-electron chi connectivity index (χ4n) is 2.09. The van der Waals surface area contributed by atoms with Crippen molar-refractivity contribution in [2.24, 2.45) is 11.1 Å². The summed E-state index contributed by atoms with van der Waals surface area (Å²) >= 11 is 1.47. The molecule has 1 rings (SSSR count). The fraction of sp³-hybridized carbons (Fsp3) is 0.833. The number of thioether (sulfide) groups is 1.